The van der Waals surface area contributed by atoms with E-state index in [0.29, 0.717) is 5.92 Å². The monoisotopic (exact) mass is 176 g/mol. The van der Waals surface area contributed by atoms with E-state index in [0.717, 1.165) is 5.56 Å². The van der Waals surface area contributed by atoms with Gasteiger partial charge in [0.15, 0.2) is 0 Å². The fourth-order valence-corrected chi connectivity index (χ4v) is 1.74. The van der Waals surface area contributed by atoms with Crippen molar-refractivity contribution in [1.29, 1.82) is 0 Å². The molecule has 0 aliphatic heterocycles. The van der Waals surface area contributed by atoms with Gasteiger partial charge in [0.05, 0.1) is 6.10 Å². The summed E-state index contributed by atoms with van der Waals surface area (Å²) in [6.07, 6.45) is 2.16. The number of aliphatic hydroxyl groups is 1. The molecule has 1 heteroatoms. The van der Waals surface area contributed by atoms with Crippen LogP contribution in [-0.2, 0) is 0 Å². The van der Waals surface area contributed by atoms with Gasteiger partial charge in [0.2, 0.25) is 0 Å². The summed E-state index contributed by atoms with van der Waals surface area (Å²) >= 11 is 0. The van der Waals surface area contributed by atoms with E-state index in [1.54, 1.807) is 0 Å². The second kappa shape index (κ2) is 3.15. The summed E-state index contributed by atoms with van der Waals surface area (Å²) in [5.74, 6) is 0.528. The average Bonchev–Trinajstić information content (AvgIpc) is 2.91. The molecule has 2 rings (SSSR count). The Hall–Kier alpha value is -0.820. The van der Waals surface area contributed by atoms with Crippen molar-refractivity contribution in [2.45, 2.75) is 32.8 Å². The van der Waals surface area contributed by atoms with Crippen LogP contribution in [0.5, 0.6) is 0 Å². The molecule has 70 valence electrons. The van der Waals surface area contributed by atoms with Crippen molar-refractivity contribution in [3.05, 3.63) is 34.9 Å². The van der Waals surface area contributed by atoms with Crippen LogP contribution in [0.1, 0.15) is 35.6 Å². The third-order valence-electron chi connectivity index (χ3n) is 2.82. The minimum Gasteiger partial charge on any atom is -0.388 e. The predicted octanol–water partition coefficient (Wildman–Crippen LogP) is 2.75. The maximum Gasteiger partial charge on any atom is 0.0820 e. The highest BCUT2D eigenvalue weighted by molar-refractivity contribution is 5.32. The standard InChI is InChI=1S/C12H16O/c1-8-3-4-9(2)11(7-8)12(13)10-5-6-10/h3-4,7,10,12-13H,5-6H2,1-2H3/t12-/m0/s1. The predicted molar refractivity (Wildman–Crippen MR) is 53.6 cm³/mol. The van der Waals surface area contributed by atoms with E-state index in [9.17, 15) is 5.11 Å². The van der Waals surface area contributed by atoms with E-state index in [4.69, 9.17) is 0 Å². The van der Waals surface area contributed by atoms with E-state index < -0.39 is 0 Å². The summed E-state index contributed by atoms with van der Waals surface area (Å²) in [6.45, 7) is 4.14. The third kappa shape index (κ3) is 1.75. The first kappa shape index (κ1) is 8.76. The Kier molecular flexibility index (Phi) is 2.12. The molecule has 0 spiro atoms. The van der Waals surface area contributed by atoms with Gasteiger partial charge in [0.1, 0.15) is 0 Å². The lowest BCUT2D eigenvalue weighted by Crippen LogP contribution is -2.02. The lowest BCUT2D eigenvalue weighted by molar-refractivity contribution is 0.153. The first-order valence-electron chi connectivity index (χ1n) is 4.93. The van der Waals surface area contributed by atoms with Crippen LogP contribution in [0.3, 0.4) is 0 Å². The quantitative estimate of drug-likeness (QED) is 0.734. The van der Waals surface area contributed by atoms with Crippen LogP contribution in [0.15, 0.2) is 18.2 Å². The largest absolute Gasteiger partial charge is 0.388 e. The summed E-state index contributed by atoms with van der Waals surface area (Å²) in [4.78, 5) is 0. The lowest BCUT2D eigenvalue weighted by Gasteiger charge is -2.13. The molecule has 1 aromatic rings. The average molecular weight is 176 g/mol. The fourth-order valence-electron chi connectivity index (χ4n) is 1.74. The molecule has 1 aliphatic carbocycles. The molecule has 0 heterocycles. The molecule has 1 atom stereocenters. The summed E-state index contributed by atoms with van der Waals surface area (Å²) in [5.41, 5.74) is 3.58. The van der Waals surface area contributed by atoms with Gasteiger partial charge in [-0.15, -0.1) is 0 Å². The first-order chi connectivity index (χ1) is 6.18. The lowest BCUT2D eigenvalue weighted by atomic mass is 9.98. The second-order valence-corrected chi connectivity index (χ2v) is 4.14. The first-order valence-corrected chi connectivity index (χ1v) is 4.93. The van der Waals surface area contributed by atoms with E-state index in [2.05, 4.69) is 32.0 Å². The normalized spacial score (nSPS) is 18.7. The summed E-state index contributed by atoms with van der Waals surface area (Å²) in [7, 11) is 0. The number of aliphatic hydroxyl groups excluding tert-OH is 1. The Labute approximate surface area is 79.4 Å². The van der Waals surface area contributed by atoms with Gasteiger partial charge < -0.3 is 5.11 Å². The van der Waals surface area contributed by atoms with E-state index in [1.807, 2.05) is 0 Å². The molecule has 1 aromatic carbocycles. The van der Waals surface area contributed by atoms with Crippen LogP contribution in [0.2, 0.25) is 0 Å². The summed E-state index contributed by atoms with van der Waals surface area (Å²) < 4.78 is 0. The molecular weight excluding hydrogens is 160 g/mol. The van der Waals surface area contributed by atoms with E-state index in [-0.39, 0.29) is 6.10 Å². The number of hydrogen-bond acceptors (Lipinski definition) is 1. The molecule has 1 aliphatic rings. The van der Waals surface area contributed by atoms with Gasteiger partial charge in [0.25, 0.3) is 0 Å². The van der Waals surface area contributed by atoms with Crippen LogP contribution in [0, 0.1) is 19.8 Å². The summed E-state index contributed by atoms with van der Waals surface area (Å²) in [5, 5.41) is 9.97. The molecule has 1 fully saturated rings. The molecule has 0 radical (unpaired) electrons. The highest BCUT2D eigenvalue weighted by Crippen LogP contribution is 2.41. The molecule has 0 amide bonds. The Bertz CT molecular complexity index is 313. The zero-order valence-corrected chi connectivity index (χ0v) is 8.25. The molecule has 0 unspecified atom stereocenters. The summed E-state index contributed by atoms with van der Waals surface area (Å²) in [6, 6.07) is 6.30. The number of benzene rings is 1. The van der Waals surface area contributed by atoms with Gasteiger partial charge in [-0.2, -0.15) is 0 Å². The van der Waals surface area contributed by atoms with Gasteiger partial charge in [0, 0.05) is 0 Å². The minimum absolute atomic E-state index is 0.222. The van der Waals surface area contributed by atoms with Crippen molar-refractivity contribution in [1.82, 2.24) is 0 Å². The zero-order valence-electron chi connectivity index (χ0n) is 8.25. The molecule has 0 bridgehead atoms. The molecule has 1 N–H and O–H groups in total. The van der Waals surface area contributed by atoms with Gasteiger partial charge in [-0.1, -0.05) is 23.8 Å². The van der Waals surface area contributed by atoms with E-state index in [1.165, 1.54) is 24.0 Å². The number of aryl methyl sites for hydroxylation is 2. The SMILES string of the molecule is Cc1ccc(C)c([C@@H](O)C2CC2)c1. The topological polar surface area (TPSA) is 20.2 Å². The number of rotatable bonds is 2. The Balaban J connectivity index is 2.31. The molecule has 13 heavy (non-hydrogen) atoms. The van der Waals surface area contributed by atoms with Gasteiger partial charge in [-0.3, -0.25) is 0 Å². The molecule has 1 saturated carbocycles. The second-order valence-electron chi connectivity index (χ2n) is 4.14. The van der Waals surface area contributed by atoms with Crippen molar-refractivity contribution >= 4 is 0 Å². The Morgan fingerprint density at radius 1 is 1.31 bits per heavy atom. The fraction of sp³-hybridized carbons (Fsp3) is 0.500. The highest BCUT2D eigenvalue weighted by Gasteiger charge is 2.31. The molecular formula is C12H16O. The van der Waals surface area contributed by atoms with Crippen molar-refractivity contribution in [2.75, 3.05) is 0 Å². The minimum atomic E-state index is -0.222. The highest BCUT2D eigenvalue weighted by atomic mass is 16.3. The van der Waals surface area contributed by atoms with Gasteiger partial charge in [-0.05, 0) is 43.7 Å². The Morgan fingerprint density at radius 2 is 2.00 bits per heavy atom. The number of hydrogen-bond donors (Lipinski definition) is 1. The molecule has 0 aromatic heterocycles. The zero-order chi connectivity index (χ0) is 9.42. The van der Waals surface area contributed by atoms with Gasteiger partial charge in [-0.25, -0.2) is 0 Å². The third-order valence-corrected chi connectivity index (χ3v) is 2.82. The van der Waals surface area contributed by atoms with Crippen LogP contribution in [-0.4, -0.2) is 5.11 Å². The maximum atomic E-state index is 9.97. The van der Waals surface area contributed by atoms with Gasteiger partial charge >= 0.3 is 0 Å². The van der Waals surface area contributed by atoms with E-state index >= 15 is 0 Å². The van der Waals surface area contributed by atoms with Crippen molar-refractivity contribution in [2.24, 2.45) is 5.92 Å². The van der Waals surface area contributed by atoms with Crippen LogP contribution in [0.4, 0.5) is 0 Å². The van der Waals surface area contributed by atoms with Crippen LogP contribution < -0.4 is 0 Å². The molecule has 1 nitrogen and oxygen atoms in total. The van der Waals surface area contributed by atoms with Crippen molar-refractivity contribution in [3.63, 3.8) is 0 Å². The van der Waals surface area contributed by atoms with Crippen LogP contribution >= 0.6 is 0 Å². The Morgan fingerprint density at radius 3 is 2.62 bits per heavy atom. The van der Waals surface area contributed by atoms with Crippen molar-refractivity contribution < 1.29 is 5.11 Å². The van der Waals surface area contributed by atoms with Crippen LogP contribution in [0.25, 0.3) is 0 Å². The maximum absolute atomic E-state index is 9.97. The van der Waals surface area contributed by atoms with Crippen molar-refractivity contribution in [3.8, 4) is 0 Å². The smallest absolute Gasteiger partial charge is 0.0820 e. The molecule has 0 saturated heterocycles.